The minimum absolute atomic E-state index is 0.0643. The van der Waals surface area contributed by atoms with Crippen molar-refractivity contribution in [3.05, 3.63) is 0 Å². The van der Waals surface area contributed by atoms with Gasteiger partial charge in [-0.3, -0.25) is 9.59 Å². The van der Waals surface area contributed by atoms with Crippen molar-refractivity contribution < 1.29 is 29.0 Å². The zero-order chi connectivity index (χ0) is 12.9. The summed E-state index contributed by atoms with van der Waals surface area (Å²) in [6, 6.07) is 0. The van der Waals surface area contributed by atoms with Crippen LogP contribution in [0.1, 0.15) is 0 Å². The van der Waals surface area contributed by atoms with E-state index in [-0.39, 0.29) is 32.3 Å². The van der Waals surface area contributed by atoms with E-state index in [4.69, 9.17) is 14.6 Å². The number of amides is 2. The van der Waals surface area contributed by atoms with Crippen molar-refractivity contribution in [2.45, 2.75) is 0 Å². The van der Waals surface area contributed by atoms with E-state index < -0.39 is 5.97 Å². The lowest BCUT2D eigenvalue weighted by atomic mass is 10.5. The van der Waals surface area contributed by atoms with Gasteiger partial charge in [0.25, 0.3) is 0 Å². The van der Waals surface area contributed by atoms with Gasteiger partial charge in [-0.15, -0.1) is 0 Å². The Morgan fingerprint density at radius 3 is 2.53 bits per heavy atom. The molecule has 0 spiro atoms. The Labute approximate surface area is 98.3 Å². The van der Waals surface area contributed by atoms with E-state index in [1.54, 1.807) is 0 Å². The van der Waals surface area contributed by atoms with Gasteiger partial charge in [-0.05, 0) is 0 Å². The molecular formula is C9H16N2O6. The van der Waals surface area contributed by atoms with E-state index in [9.17, 15) is 14.4 Å². The quantitative estimate of drug-likeness (QED) is 0.287. The molecule has 0 aliphatic rings. The van der Waals surface area contributed by atoms with Gasteiger partial charge in [0.1, 0.15) is 6.61 Å². The molecule has 0 aliphatic carbocycles. The highest BCUT2D eigenvalue weighted by Crippen LogP contribution is 1.78. The number of hydrogen-bond donors (Lipinski definition) is 3. The SMILES string of the molecule is O=CNCC(=O)NCCOCCOCC(=O)O. The molecule has 0 saturated heterocycles. The maximum Gasteiger partial charge on any atom is 0.329 e. The van der Waals surface area contributed by atoms with Crippen LogP contribution in [0, 0.1) is 0 Å². The second-order valence-electron chi connectivity index (χ2n) is 2.91. The Kier molecular flexibility index (Phi) is 9.77. The maximum atomic E-state index is 10.9. The van der Waals surface area contributed by atoms with Gasteiger partial charge >= 0.3 is 5.97 Å². The average Bonchev–Trinajstić information content (AvgIpc) is 2.29. The maximum absolute atomic E-state index is 10.9. The summed E-state index contributed by atoms with van der Waals surface area (Å²) in [6.45, 7) is 0.646. The lowest BCUT2D eigenvalue weighted by Crippen LogP contribution is -2.35. The van der Waals surface area contributed by atoms with Crippen molar-refractivity contribution in [3.8, 4) is 0 Å². The zero-order valence-corrected chi connectivity index (χ0v) is 9.31. The van der Waals surface area contributed by atoms with Crippen molar-refractivity contribution in [2.24, 2.45) is 0 Å². The van der Waals surface area contributed by atoms with Crippen LogP contribution in [-0.4, -0.2) is 62.9 Å². The molecule has 0 atom stereocenters. The molecule has 0 bridgehead atoms. The van der Waals surface area contributed by atoms with Crippen LogP contribution < -0.4 is 10.6 Å². The molecule has 0 aromatic rings. The summed E-state index contributed by atoms with van der Waals surface area (Å²) in [5, 5.41) is 13.0. The largest absolute Gasteiger partial charge is 0.480 e. The normalized spacial score (nSPS) is 9.65. The molecule has 3 N–H and O–H groups in total. The van der Waals surface area contributed by atoms with Gasteiger partial charge in [-0.25, -0.2) is 4.79 Å². The molecule has 0 fully saturated rings. The lowest BCUT2D eigenvalue weighted by Gasteiger charge is -2.06. The molecule has 0 saturated carbocycles. The molecule has 0 aromatic heterocycles. The number of carbonyl (C=O) groups is 3. The fourth-order valence-electron chi connectivity index (χ4n) is 0.839. The van der Waals surface area contributed by atoms with Crippen LogP contribution in [0.3, 0.4) is 0 Å². The highest BCUT2D eigenvalue weighted by Gasteiger charge is 1.98. The first kappa shape index (κ1) is 15.3. The Hall–Kier alpha value is -1.67. The van der Waals surface area contributed by atoms with Gasteiger partial charge in [0, 0.05) is 6.54 Å². The van der Waals surface area contributed by atoms with Gasteiger partial charge < -0.3 is 25.2 Å². The number of rotatable bonds is 11. The zero-order valence-electron chi connectivity index (χ0n) is 9.31. The molecular weight excluding hydrogens is 232 g/mol. The minimum atomic E-state index is -1.03. The summed E-state index contributed by atoms with van der Waals surface area (Å²) in [4.78, 5) is 30.8. The number of ether oxygens (including phenoxy) is 2. The number of carboxylic acids is 1. The summed E-state index contributed by atoms with van der Waals surface area (Å²) in [5.74, 6) is -1.33. The molecule has 0 aromatic carbocycles. The molecule has 0 radical (unpaired) electrons. The van der Waals surface area contributed by atoms with E-state index in [2.05, 4.69) is 10.6 Å². The third kappa shape index (κ3) is 12.3. The smallest absolute Gasteiger partial charge is 0.329 e. The standard InChI is InChI=1S/C9H16N2O6/c12-7-10-5-8(13)11-1-2-16-3-4-17-6-9(14)15/h7H,1-6H2,(H,10,12)(H,11,13)(H,14,15). The molecule has 98 valence electrons. The number of nitrogens with one attached hydrogen (secondary N) is 2. The van der Waals surface area contributed by atoms with Crippen molar-refractivity contribution in [1.82, 2.24) is 10.6 Å². The summed E-state index contributed by atoms with van der Waals surface area (Å²) in [7, 11) is 0. The second kappa shape index (κ2) is 10.8. The van der Waals surface area contributed by atoms with Crippen LogP contribution in [0.15, 0.2) is 0 Å². The van der Waals surface area contributed by atoms with Crippen LogP contribution in [0.25, 0.3) is 0 Å². The molecule has 17 heavy (non-hydrogen) atoms. The number of carboxylic acid groups (broad SMARTS) is 1. The van der Waals surface area contributed by atoms with Gasteiger partial charge in [0.05, 0.1) is 26.4 Å². The fourth-order valence-corrected chi connectivity index (χ4v) is 0.839. The minimum Gasteiger partial charge on any atom is -0.480 e. The van der Waals surface area contributed by atoms with E-state index in [1.807, 2.05) is 0 Å². The number of hydrogen-bond acceptors (Lipinski definition) is 5. The monoisotopic (exact) mass is 248 g/mol. The van der Waals surface area contributed by atoms with Crippen molar-refractivity contribution in [3.63, 3.8) is 0 Å². The first-order valence-electron chi connectivity index (χ1n) is 4.98. The summed E-state index contributed by atoms with van der Waals surface area (Å²) < 4.78 is 9.76. The molecule has 8 nitrogen and oxygen atoms in total. The van der Waals surface area contributed by atoms with E-state index in [1.165, 1.54) is 0 Å². The Morgan fingerprint density at radius 1 is 1.18 bits per heavy atom. The predicted molar refractivity (Wildman–Crippen MR) is 56.4 cm³/mol. The third-order valence-electron chi connectivity index (χ3n) is 1.51. The summed E-state index contributed by atoms with van der Waals surface area (Å²) in [6.07, 6.45) is 0.440. The topological polar surface area (TPSA) is 114 Å². The van der Waals surface area contributed by atoms with Crippen molar-refractivity contribution >= 4 is 18.3 Å². The van der Waals surface area contributed by atoms with Crippen LogP contribution in [0.5, 0.6) is 0 Å². The van der Waals surface area contributed by atoms with Gasteiger partial charge in [-0.2, -0.15) is 0 Å². The Morgan fingerprint density at radius 2 is 1.88 bits per heavy atom. The van der Waals surface area contributed by atoms with Gasteiger partial charge in [-0.1, -0.05) is 0 Å². The van der Waals surface area contributed by atoms with Crippen molar-refractivity contribution in [2.75, 3.05) is 39.5 Å². The summed E-state index contributed by atoms with van der Waals surface area (Å²) >= 11 is 0. The lowest BCUT2D eigenvalue weighted by molar-refractivity contribution is -0.142. The average molecular weight is 248 g/mol. The molecule has 0 rings (SSSR count). The van der Waals surface area contributed by atoms with E-state index in [0.717, 1.165) is 0 Å². The second-order valence-corrected chi connectivity index (χ2v) is 2.91. The van der Waals surface area contributed by atoms with E-state index in [0.29, 0.717) is 19.6 Å². The Balaban J connectivity index is 3.15. The Bertz CT molecular complexity index is 246. The fraction of sp³-hybridized carbons (Fsp3) is 0.667. The van der Waals surface area contributed by atoms with Crippen LogP contribution in [0.2, 0.25) is 0 Å². The van der Waals surface area contributed by atoms with E-state index >= 15 is 0 Å². The molecule has 2 amide bonds. The number of carbonyl (C=O) groups excluding carboxylic acids is 2. The molecule has 8 heteroatoms. The number of aliphatic carboxylic acids is 1. The van der Waals surface area contributed by atoms with Crippen LogP contribution >= 0.6 is 0 Å². The van der Waals surface area contributed by atoms with Crippen LogP contribution in [0.4, 0.5) is 0 Å². The van der Waals surface area contributed by atoms with Crippen molar-refractivity contribution in [1.29, 1.82) is 0 Å². The van der Waals surface area contributed by atoms with Crippen LogP contribution in [-0.2, 0) is 23.9 Å². The third-order valence-corrected chi connectivity index (χ3v) is 1.51. The highest BCUT2D eigenvalue weighted by atomic mass is 16.5. The molecule has 0 aliphatic heterocycles. The first-order chi connectivity index (χ1) is 8.16. The van der Waals surface area contributed by atoms with Gasteiger partial charge in [0.2, 0.25) is 12.3 Å². The molecule has 0 unspecified atom stereocenters. The predicted octanol–water partition coefficient (Wildman–Crippen LogP) is -2.03. The summed E-state index contributed by atoms with van der Waals surface area (Å²) in [5.41, 5.74) is 0. The van der Waals surface area contributed by atoms with Gasteiger partial charge in [0.15, 0.2) is 0 Å². The molecule has 0 heterocycles. The first-order valence-corrected chi connectivity index (χ1v) is 4.98. The highest BCUT2D eigenvalue weighted by molar-refractivity contribution is 5.79.